The summed E-state index contributed by atoms with van der Waals surface area (Å²) >= 11 is 0. The molecule has 3 aromatic rings. The van der Waals surface area contributed by atoms with Crippen LogP contribution >= 0.6 is 0 Å². The third-order valence-corrected chi connectivity index (χ3v) is 4.62. The Morgan fingerprint density at radius 3 is 2.43 bits per heavy atom. The van der Waals surface area contributed by atoms with Crippen LogP contribution in [-0.2, 0) is 11.3 Å². The van der Waals surface area contributed by atoms with Gasteiger partial charge in [0, 0.05) is 17.4 Å². The lowest BCUT2D eigenvalue weighted by Crippen LogP contribution is -2.38. The Hall–Kier alpha value is -4.31. The van der Waals surface area contributed by atoms with E-state index in [-0.39, 0.29) is 12.5 Å². The van der Waals surface area contributed by atoms with Crippen molar-refractivity contribution < 1.29 is 14.3 Å². The Balaban J connectivity index is 1.47. The number of ether oxygens (including phenoxy) is 1. The number of nitriles is 1. The zero-order valence-corrected chi connectivity index (χ0v) is 16.0. The number of amides is 3. The topological polar surface area (TPSA) is 94.5 Å². The van der Waals surface area contributed by atoms with Gasteiger partial charge in [-0.3, -0.25) is 4.79 Å². The third-order valence-electron chi connectivity index (χ3n) is 4.62. The van der Waals surface area contributed by atoms with Crippen LogP contribution < -0.4 is 20.3 Å². The van der Waals surface area contributed by atoms with Gasteiger partial charge in [0.1, 0.15) is 5.75 Å². The molecule has 3 aromatic carbocycles. The number of nitrogens with zero attached hydrogens (tertiary/aromatic N) is 2. The predicted octanol–water partition coefficient (Wildman–Crippen LogP) is 4.13. The van der Waals surface area contributed by atoms with E-state index in [1.807, 2.05) is 36.4 Å². The van der Waals surface area contributed by atoms with Gasteiger partial charge >= 0.3 is 6.03 Å². The monoisotopic (exact) mass is 398 g/mol. The van der Waals surface area contributed by atoms with Crippen LogP contribution in [0.3, 0.4) is 0 Å². The molecule has 0 aromatic heterocycles. The number of carbonyl (C=O) groups excluding carboxylic acids is 2. The van der Waals surface area contributed by atoms with Crippen molar-refractivity contribution in [3.05, 3.63) is 83.9 Å². The van der Waals surface area contributed by atoms with E-state index in [1.165, 1.54) is 0 Å². The van der Waals surface area contributed by atoms with Crippen LogP contribution in [0.5, 0.6) is 5.75 Å². The second-order valence-corrected chi connectivity index (χ2v) is 6.70. The van der Waals surface area contributed by atoms with Crippen LogP contribution in [0, 0.1) is 11.3 Å². The summed E-state index contributed by atoms with van der Waals surface area (Å²) in [6, 6.07) is 23.1. The quantitative estimate of drug-likeness (QED) is 0.691. The summed E-state index contributed by atoms with van der Waals surface area (Å²) in [5.41, 5.74) is 3.30. The Bertz CT molecular complexity index is 1120. The molecule has 3 amide bonds. The van der Waals surface area contributed by atoms with E-state index < -0.39 is 6.03 Å². The Labute approximate surface area is 173 Å². The molecule has 1 aliphatic rings. The first kappa shape index (κ1) is 19.0. The standard InChI is InChI=1S/C23H18N4O3/c24-13-16-6-8-18(9-7-16)25-23(29)26-19-10-11-20-21(12-19)30-15-22(28)27(20)14-17-4-2-1-3-5-17/h1-12H,14-15H2,(H2,25,26,29). The molecule has 7 heteroatoms. The van der Waals surface area contributed by atoms with Crippen molar-refractivity contribution in [3.8, 4) is 11.8 Å². The molecular formula is C23H18N4O3. The van der Waals surface area contributed by atoms with E-state index >= 15 is 0 Å². The zero-order valence-electron chi connectivity index (χ0n) is 16.0. The molecule has 0 radical (unpaired) electrons. The van der Waals surface area contributed by atoms with Crippen LogP contribution in [0.15, 0.2) is 72.8 Å². The Morgan fingerprint density at radius 2 is 1.70 bits per heavy atom. The van der Waals surface area contributed by atoms with E-state index in [2.05, 4.69) is 10.6 Å². The molecule has 0 unspecified atom stereocenters. The molecule has 0 saturated carbocycles. The number of rotatable bonds is 4. The highest BCUT2D eigenvalue weighted by Crippen LogP contribution is 2.35. The average Bonchev–Trinajstić information content (AvgIpc) is 2.77. The maximum atomic E-state index is 12.4. The first-order valence-electron chi connectivity index (χ1n) is 9.32. The van der Waals surface area contributed by atoms with E-state index in [0.29, 0.717) is 34.9 Å². The van der Waals surface area contributed by atoms with Crippen molar-refractivity contribution in [1.82, 2.24) is 0 Å². The zero-order chi connectivity index (χ0) is 20.9. The highest BCUT2D eigenvalue weighted by atomic mass is 16.5. The molecule has 0 saturated heterocycles. The van der Waals surface area contributed by atoms with Gasteiger partial charge in [0.25, 0.3) is 5.91 Å². The molecule has 0 spiro atoms. The highest BCUT2D eigenvalue weighted by Gasteiger charge is 2.26. The molecule has 1 aliphatic heterocycles. The van der Waals surface area contributed by atoms with E-state index in [4.69, 9.17) is 10.00 Å². The number of carbonyl (C=O) groups is 2. The number of anilines is 3. The fraction of sp³-hybridized carbons (Fsp3) is 0.0870. The lowest BCUT2D eigenvalue weighted by molar-refractivity contribution is -0.121. The molecule has 30 heavy (non-hydrogen) atoms. The minimum atomic E-state index is -0.423. The van der Waals surface area contributed by atoms with Gasteiger partial charge in [-0.1, -0.05) is 30.3 Å². The van der Waals surface area contributed by atoms with Crippen LogP contribution in [0.2, 0.25) is 0 Å². The molecule has 0 aliphatic carbocycles. The average molecular weight is 398 g/mol. The number of urea groups is 1. The summed E-state index contributed by atoms with van der Waals surface area (Å²) in [7, 11) is 0. The normalized spacial score (nSPS) is 12.4. The fourth-order valence-corrected chi connectivity index (χ4v) is 3.14. The number of benzene rings is 3. The molecular weight excluding hydrogens is 380 g/mol. The summed E-state index contributed by atoms with van der Waals surface area (Å²) in [4.78, 5) is 26.3. The minimum Gasteiger partial charge on any atom is -0.481 e. The van der Waals surface area contributed by atoms with Crippen molar-refractivity contribution in [2.24, 2.45) is 0 Å². The van der Waals surface area contributed by atoms with Crippen molar-refractivity contribution >= 4 is 29.0 Å². The maximum Gasteiger partial charge on any atom is 0.323 e. The van der Waals surface area contributed by atoms with Gasteiger partial charge in [-0.15, -0.1) is 0 Å². The second-order valence-electron chi connectivity index (χ2n) is 6.70. The van der Waals surface area contributed by atoms with Crippen LogP contribution in [0.25, 0.3) is 0 Å². The largest absolute Gasteiger partial charge is 0.481 e. The minimum absolute atomic E-state index is 0.0548. The summed E-state index contributed by atoms with van der Waals surface area (Å²) in [5, 5.41) is 14.3. The summed E-state index contributed by atoms with van der Waals surface area (Å²) in [5.74, 6) is 0.410. The Kier molecular flexibility index (Phi) is 5.31. The van der Waals surface area contributed by atoms with E-state index in [9.17, 15) is 9.59 Å². The van der Waals surface area contributed by atoms with Gasteiger partial charge in [0.05, 0.1) is 23.9 Å². The highest BCUT2D eigenvalue weighted by molar-refractivity contribution is 6.01. The van der Waals surface area contributed by atoms with E-state index in [1.54, 1.807) is 47.4 Å². The molecule has 7 nitrogen and oxygen atoms in total. The van der Waals surface area contributed by atoms with Gasteiger partial charge in [-0.05, 0) is 42.0 Å². The number of fused-ring (bicyclic) bond motifs is 1. The van der Waals surface area contributed by atoms with Crippen molar-refractivity contribution in [2.75, 3.05) is 22.1 Å². The van der Waals surface area contributed by atoms with Gasteiger partial charge in [0.2, 0.25) is 0 Å². The van der Waals surface area contributed by atoms with Crippen molar-refractivity contribution in [1.29, 1.82) is 5.26 Å². The predicted molar refractivity (Wildman–Crippen MR) is 113 cm³/mol. The second kappa shape index (κ2) is 8.37. The number of hydrogen-bond acceptors (Lipinski definition) is 4. The first-order chi connectivity index (χ1) is 14.6. The van der Waals surface area contributed by atoms with Crippen molar-refractivity contribution in [2.45, 2.75) is 6.54 Å². The molecule has 0 fully saturated rings. The van der Waals surface area contributed by atoms with E-state index in [0.717, 1.165) is 5.56 Å². The first-order valence-corrected chi connectivity index (χ1v) is 9.32. The smallest absolute Gasteiger partial charge is 0.323 e. The van der Waals surface area contributed by atoms with Crippen LogP contribution in [0.4, 0.5) is 21.9 Å². The fourth-order valence-electron chi connectivity index (χ4n) is 3.14. The van der Waals surface area contributed by atoms with Crippen LogP contribution in [-0.4, -0.2) is 18.5 Å². The maximum absolute atomic E-state index is 12.4. The Morgan fingerprint density at radius 1 is 1.00 bits per heavy atom. The molecule has 0 atom stereocenters. The van der Waals surface area contributed by atoms with Gasteiger partial charge in [-0.25, -0.2) is 4.79 Å². The summed E-state index contributed by atoms with van der Waals surface area (Å²) < 4.78 is 5.58. The number of nitrogens with one attached hydrogen (secondary N) is 2. The van der Waals surface area contributed by atoms with Crippen LogP contribution in [0.1, 0.15) is 11.1 Å². The summed E-state index contributed by atoms with van der Waals surface area (Å²) in [6.45, 7) is 0.392. The third kappa shape index (κ3) is 4.23. The van der Waals surface area contributed by atoms with Crippen molar-refractivity contribution in [3.63, 3.8) is 0 Å². The molecule has 1 heterocycles. The molecule has 4 rings (SSSR count). The van der Waals surface area contributed by atoms with Gasteiger partial charge in [0.15, 0.2) is 6.61 Å². The summed E-state index contributed by atoms with van der Waals surface area (Å²) in [6.07, 6.45) is 0. The lowest BCUT2D eigenvalue weighted by Gasteiger charge is -2.29. The molecule has 0 bridgehead atoms. The molecule has 2 N–H and O–H groups in total. The number of hydrogen-bond donors (Lipinski definition) is 2. The molecule has 148 valence electrons. The van der Waals surface area contributed by atoms with Gasteiger partial charge in [-0.2, -0.15) is 5.26 Å². The SMILES string of the molecule is N#Cc1ccc(NC(=O)Nc2ccc3c(c2)OCC(=O)N3Cc2ccccc2)cc1. The lowest BCUT2D eigenvalue weighted by atomic mass is 10.1. The van der Waals surface area contributed by atoms with Gasteiger partial charge < -0.3 is 20.3 Å².